The summed E-state index contributed by atoms with van der Waals surface area (Å²) in [5.74, 6) is 0.720. The first-order chi connectivity index (χ1) is 9.65. The van der Waals surface area contributed by atoms with Crippen LogP contribution in [0.1, 0.15) is 11.1 Å². The molecule has 0 fully saturated rings. The van der Waals surface area contributed by atoms with Crippen LogP contribution in [0.4, 0.5) is 4.39 Å². The molecule has 0 aromatic heterocycles. The SMILES string of the molecule is COc1ccc(Cl)cc1COc1cccc(F)c1CN. The van der Waals surface area contributed by atoms with Gasteiger partial charge in [-0.1, -0.05) is 17.7 Å². The topological polar surface area (TPSA) is 44.5 Å². The highest BCUT2D eigenvalue weighted by Gasteiger charge is 2.10. The van der Waals surface area contributed by atoms with Gasteiger partial charge in [0.25, 0.3) is 0 Å². The van der Waals surface area contributed by atoms with Gasteiger partial charge in [-0.05, 0) is 30.3 Å². The van der Waals surface area contributed by atoms with E-state index in [0.717, 1.165) is 5.56 Å². The van der Waals surface area contributed by atoms with Crippen LogP contribution < -0.4 is 15.2 Å². The Morgan fingerprint density at radius 3 is 2.70 bits per heavy atom. The summed E-state index contributed by atoms with van der Waals surface area (Å²) in [7, 11) is 1.57. The van der Waals surface area contributed by atoms with Crippen molar-refractivity contribution in [3.05, 3.63) is 58.4 Å². The molecule has 2 N–H and O–H groups in total. The van der Waals surface area contributed by atoms with E-state index in [1.807, 2.05) is 0 Å². The predicted octanol–water partition coefficient (Wildman–Crippen LogP) is 3.53. The van der Waals surface area contributed by atoms with Gasteiger partial charge in [-0.3, -0.25) is 0 Å². The molecule has 20 heavy (non-hydrogen) atoms. The third-order valence-corrected chi connectivity index (χ3v) is 3.14. The first kappa shape index (κ1) is 14.6. The molecular formula is C15H15ClFNO2. The molecule has 0 spiro atoms. The van der Waals surface area contributed by atoms with Gasteiger partial charge in [0.05, 0.1) is 7.11 Å². The molecule has 3 nitrogen and oxygen atoms in total. The van der Waals surface area contributed by atoms with E-state index < -0.39 is 0 Å². The number of nitrogens with two attached hydrogens (primary N) is 1. The number of hydrogen-bond donors (Lipinski definition) is 1. The van der Waals surface area contributed by atoms with E-state index >= 15 is 0 Å². The fourth-order valence-electron chi connectivity index (χ4n) is 1.89. The Morgan fingerprint density at radius 2 is 2.00 bits per heavy atom. The minimum Gasteiger partial charge on any atom is -0.496 e. The molecule has 0 aliphatic heterocycles. The lowest BCUT2D eigenvalue weighted by atomic mass is 10.2. The van der Waals surface area contributed by atoms with Gasteiger partial charge in [0.1, 0.15) is 23.9 Å². The zero-order chi connectivity index (χ0) is 14.5. The fraction of sp³-hybridized carbons (Fsp3) is 0.200. The monoisotopic (exact) mass is 295 g/mol. The Hall–Kier alpha value is -1.78. The molecule has 0 unspecified atom stereocenters. The number of ether oxygens (including phenoxy) is 2. The Bertz CT molecular complexity index is 602. The number of benzene rings is 2. The van der Waals surface area contributed by atoms with E-state index in [0.29, 0.717) is 22.1 Å². The first-order valence-corrected chi connectivity index (χ1v) is 6.46. The van der Waals surface area contributed by atoms with Crippen LogP contribution in [0.3, 0.4) is 0 Å². The molecule has 2 aromatic rings. The van der Waals surface area contributed by atoms with Crippen molar-refractivity contribution in [1.29, 1.82) is 0 Å². The smallest absolute Gasteiger partial charge is 0.131 e. The molecular weight excluding hydrogens is 281 g/mol. The van der Waals surface area contributed by atoms with Crippen LogP contribution in [0.5, 0.6) is 11.5 Å². The van der Waals surface area contributed by atoms with Crippen molar-refractivity contribution in [3.8, 4) is 11.5 Å². The molecule has 0 aliphatic rings. The van der Waals surface area contributed by atoms with Crippen LogP contribution in [0, 0.1) is 5.82 Å². The number of methoxy groups -OCH3 is 1. The third kappa shape index (κ3) is 3.21. The molecule has 5 heteroatoms. The zero-order valence-corrected chi connectivity index (χ0v) is 11.8. The molecule has 2 aromatic carbocycles. The summed E-state index contributed by atoms with van der Waals surface area (Å²) >= 11 is 5.95. The molecule has 0 aliphatic carbocycles. The van der Waals surface area contributed by atoms with Crippen LogP contribution in [0.15, 0.2) is 36.4 Å². The second-order valence-corrected chi connectivity index (χ2v) is 4.60. The maximum atomic E-state index is 13.6. The second kappa shape index (κ2) is 6.59. The summed E-state index contributed by atoms with van der Waals surface area (Å²) in [6.45, 7) is 0.300. The van der Waals surface area contributed by atoms with Crippen LogP contribution in [-0.4, -0.2) is 7.11 Å². The molecule has 0 saturated carbocycles. The van der Waals surface area contributed by atoms with Crippen molar-refractivity contribution in [1.82, 2.24) is 0 Å². The van der Waals surface area contributed by atoms with Gasteiger partial charge >= 0.3 is 0 Å². The van der Waals surface area contributed by atoms with Gasteiger partial charge in [-0.15, -0.1) is 0 Å². The van der Waals surface area contributed by atoms with Crippen LogP contribution >= 0.6 is 11.6 Å². The molecule has 0 atom stereocenters. The van der Waals surface area contributed by atoms with E-state index in [1.54, 1.807) is 37.4 Å². The lowest BCUT2D eigenvalue weighted by molar-refractivity contribution is 0.292. The summed E-state index contributed by atoms with van der Waals surface area (Å²) in [5.41, 5.74) is 6.67. The van der Waals surface area contributed by atoms with E-state index in [-0.39, 0.29) is 19.0 Å². The molecule has 106 valence electrons. The van der Waals surface area contributed by atoms with Gasteiger partial charge in [0.2, 0.25) is 0 Å². The number of hydrogen-bond acceptors (Lipinski definition) is 3. The van der Waals surface area contributed by atoms with Crippen LogP contribution in [0.2, 0.25) is 5.02 Å². The van der Waals surface area contributed by atoms with E-state index in [4.69, 9.17) is 26.8 Å². The number of rotatable bonds is 5. The highest BCUT2D eigenvalue weighted by molar-refractivity contribution is 6.30. The summed E-state index contributed by atoms with van der Waals surface area (Å²) in [6, 6.07) is 9.87. The van der Waals surface area contributed by atoms with Crippen LogP contribution in [-0.2, 0) is 13.2 Å². The van der Waals surface area contributed by atoms with E-state index in [9.17, 15) is 4.39 Å². The van der Waals surface area contributed by atoms with Crippen molar-refractivity contribution in [2.45, 2.75) is 13.2 Å². The highest BCUT2D eigenvalue weighted by Crippen LogP contribution is 2.26. The first-order valence-electron chi connectivity index (χ1n) is 6.08. The van der Waals surface area contributed by atoms with Crippen molar-refractivity contribution >= 4 is 11.6 Å². The standard InChI is InChI=1S/C15H15ClFNO2/c1-19-14-6-5-11(16)7-10(14)9-20-15-4-2-3-13(17)12(15)8-18/h2-7H,8-9,18H2,1H3. The zero-order valence-electron chi connectivity index (χ0n) is 11.0. The maximum Gasteiger partial charge on any atom is 0.131 e. The molecule has 0 bridgehead atoms. The van der Waals surface area contributed by atoms with Crippen molar-refractivity contribution in [3.63, 3.8) is 0 Å². The lowest BCUT2D eigenvalue weighted by Crippen LogP contribution is -2.05. The molecule has 0 saturated heterocycles. The molecule has 2 rings (SSSR count). The largest absolute Gasteiger partial charge is 0.496 e. The maximum absolute atomic E-state index is 13.6. The van der Waals surface area contributed by atoms with Crippen molar-refractivity contribution in [2.24, 2.45) is 5.73 Å². The number of halogens is 2. The normalized spacial score (nSPS) is 10.4. The average Bonchev–Trinajstić information content (AvgIpc) is 2.45. The predicted molar refractivity (Wildman–Crippen MR) is 76.6 cm³/mol. The van der Waals surface area contributed by atoms with Gasteiger partial charge in [-0.25, -0.2) is 4.39 Å². The summed E-state index contributed by atoms with van der Waals surface area (Å²) in [6.07, 6.45) is 0. The van der Waals surface area contributed by atoms with Crippen molar-refractivity contribution < 1.29 is 13.9 Å². The summed E-state index contributed by atoms with van der Waals surface area (Å²) in [4.78, 5) is 0. The summed E-state index contributed by atoms with van der Waals surface area (Å²) < 4.78 is 24.4. The molecule has 0 radical (unpaired) electrons. The van der Waals surface area contributed by atoms with Gasteiger partial charge in [0, 0.05) is 22.7 Å². The molecule has 0 amide bonds. The van der Waals surface area contributed by atoms with Gasteiger partial charge < -0.3 is 15.2 Å². The third-order valence-electron chi connectivity index (χ3n) is 2.91. The Labute approximate surface area is 122 Å². The Balaban J connectivity index is 2.21. The lowest BCUT2D eigenvalue weighted by Gasteiger charge is -2.13. The fourth-order valence-corrected chi connectivity index (χ4v) is 2.08. The van der Waals surface area contributed by atoms with Crippen molar-refractivity contribution in [2.75, 3.05) is 7.11 Å². The quantitative estimate of drug-likeness (QED) is 0.918. The van der Waals surface area contributed by atoms with E-state index in [1.165, 1.54) is 6.07 Å². The van der Waals surface area contributed by atoms with Gasteiger partial charge in [-0.2, -0.15) is 0 Å². The minimum atomic E-state index is -0.372. The average molecular weight is 296 g/mol. The van der Waals surface area contributed by atoms with Crippen LogP contribution in [0.25, 0.3) is 0 Å². The van der Waals surface area contributed by atoms with E-state index in [2.05, 4.69) is 0 Å². The minimum absolute atomic E-state index is 0.0781. The second-order valence-electron chi connectivity index (χ2n) is 4.17. The highest BCUT2D eigenvalue weighted by atomic mass is 35.5. The van der Waals surface area contributed by atoms with Gasteiger partial charge in [0.15, 0.2) is 0 Å². The summed E-state index contributed by atoms with van der Waals surface area (Å²) in [5, 5.41) is 0.586. The Kier molecular flexibility index (Phi) is 4.82. The molecule has 0 heterocycles. The Morgan fingerprint density at radius 1 is 1.20 bits per heavy atom.